The standard InChI is InChI=1S/C15H24N2/c1-11(2)13-6-8-14(9-7-13)15(17-16)10-5-12-3-4-12/h6-9,11-12,15,17H,3-5,10,16H2,1-2H3. The van der Waals surface area contributed by atoms with E-state index >= 15 is 0 Å². The summed E-state index contributed by atoms with van der Waals surface area (Å²) in [5, 5.41) is 0. The number of benzene rings is 1. The molecule has 1 unspecified atom stereocenters. The van der Waals surface area contributed by atoms with Gasteiger partial charge in [0, 0.05) is 6.04 Å². The summed E-state index contributed by atoms with van der Waals surface area (Å²) in [6.45, 7) is 4.45. The van der Waals surface area contributed by atoms with E-state index in [1.807, 2.05) is 0 Å². The Hall–Kier alpha value is -0.860. The van der Waals surface area contributed by atoms with Crippen molar-refractivity contribution in [3.05, 3.63) is 35.4 Å². The normalized spacial score (nSPS) is 17.4. The molecule has 0 heterocycles. The van der Waals surface area contributed by atoms with E-state index in [4.69, 9.17) is 5.84 Å². The van der Waals surface area contributed by atoms with Crippen molar-refractivity contribution in [2.45, 2.75) is 51.5 Å². The van der Waals surface area contributed by atoms with Gasteiger partial charge in [-0.3, -0.25) is 11.3 Å². The first-order valence-corrected chi connectivity index (χ1v) is 6.76. The highest BCUT2D eigenvalue weighted by molar-refractivity contribution is 5.26. The molecule has 17 heavy (non-hydrogen) atoms. The molecule has 0 saturated heterocycles. The molecule has 1 aliphatic carbocycles. The maximum absolute atomic E-state index is 5.66. The topological polar surface area (TPSA) is 38.0 Å². The van der Waals surface area contributed by atoms with Gasteiger partial charge in [0.05, 0.1) is 0 Å². The van der Waals surface area contributed by atoms with Crippen LogP contribution in [0.15, 0.2) is 24.3 Å². The van der Waals surface area contributed by atoms with Crippen LogP contribution in [0.2, 0.25) is 0 Å². The number of hydrazine groups is 1. The zero-order valence-electron chi connectivity index (χ0n) is 10.9. The van der Waals surface area contributed by atoms with Crippen LogP contribution in [-0.2, 0) is 0 Å². The van der Waals surface area contributed by atoms with Crippen LogP contribution in [0.1, 0.15) is 62.6 Å². The van der Waals surface area contributed by atoms with Crippen LogP contribution in [0.4, 0.5) is 0 Å². The van der Waals surface area contributed by atoms with E-state index in [9.17, 15) is 0 Å². The fraction of sp³-hybridized carbons (Fsp3) is 0.600. The predicted molar refractivity (Wildman–Crippen MR) is 72.6 cm³/mol. The third-order valence-electron chi connectivity index (χ3n) is 3.77. The van der Waals surface area contributed by atoms with Crippen molar-refractivity contribution in [2.24, 2.45) is 11.8 Å². The molecule has 1 aliphatic rings. The van der Waals surface area contributed by atoms with Crippen molar-refractivity contribution in [3.63, 3.8) is 0 Å². The Bertz CT molecular complexity index is 338. The van der Waals surface area contributed by atoms with Crippen LogP contribution in [-0.4, -0.2) is 0 Å². The Morgan fingerprint density at radius 2 is 1.76 bits per heavy atom. The zero-order chi connectivity index (χ0) is 12.3. The largest absolute Gasteiger partial charge is 0.271 e. The van der Waals surface area contributed by atoms with Crippen LogP contribution < -0.4 is 11.3 Å². The van der Waals surface area contributed by atoms with E-state index in [1.165, 1.54) is 30.4 Å². The molecule has 0 radical (unpaired) electrons. The fourth-order valence-corrected chi connectivity index (χ4v) is 2.27. The highest BCUT2D eigenvalue weighted by Gasteiger charge is 2.22. The summed E-state index contributed by atoms with van der Waals surface area (Å²) in [4.78, 5) is 0. The second kappa shape index (κ2) is 5.65. The Morgan fingerprint density at radius 1 is 1.18 bits per heavy atom. The van der Waals surface area contributed by atoms with Gasteiger partial charge in [-0.25, -0.2) is 0 Å². The first-order chi connectivity index (χ1) is 8.20. The second-order valence-corrected chi connectivity index (χ2v) is 5.56. The van der Waals surface area contributed by atoms with Crippen molar-refractivity contribution in [1.82, 2.24) is 5.43 Å². The molecule has 2 rings (SSSR count). The Balaban J connectivity index is 1.96. The maximum atomic E-state index is 5.66. The third kappa shape index (κ3) is 3.55. The first-order valence-electron chi connectivity index (χ1n) is 6.76. The molecule has 0 aliphatic heterocycles. The molecule has 0 aromatic heterocycles. The van der Waals surface area contributed by atoms with Crippen molar-refractivity contribution >= 4 is 0 Å². The Morgan fingerprint density at radius 3 is 2.24 bits per heavy atom. The summed E-state index contributed by atoms with van der Waals surface area (Å²) in [6.07, 6.45) is 5.30. The summed E-state index contributed by atoms with van der Waals surface area (Å²) in [7, 11) is 0. The van der Waals surface area contributed by atoms with Crippen LogP contribution in [0.5, 0.6) is 0 Å². The third-order valence-corrected chi connectivity index (χ3v) is 3.77. The number of hydrogen-bond acceptors (Lipinski definition) is 2. The molecule has 3 N–H and O–H groups in total. The average molecular weight is 232 g/mol. The van der Waals surface area contributed by atoms with Crippen LogP contribution in [0.25, 0.3) is 0 Å². The minimum Gasteiger partial charge on any atom is -0.271 e. The lowest BCUT2D eigenvalue weighted by atomic mass is 9.97. The van der Waals surface area contributed by atoms with Crippen molar-refractivity contribution in [1.29, 1.82) is 0 Å². The predicted octanol–water partition coefficient (Wildman–Crippen LogP) is 3.50. The van der Waals surface area contributed by atoms with E-state index in [0.717, 1.165) is 12.3 Å². The quantitative estimate of drug-likeness (QED) is 0.582. The van der Waals surface area contributed by atoms with E-state index in [2.05, 4.69) is 43.5 Å². The molecule has 0 bridgehead atoms. The van der Waals surface area contributed by atoms with E-state index in [1.54, 1.807) is 0 Å². The lowest BCUT2D eigenvalue weighted by Gasteiger charge is -2.17. The van der Waals surface area contributed by atoms with Crippen molar-refractivity contribution < 1.29 is 0 Å². The van der Waals surface area contributed by atoms with Gasteiger partial charge >= 0.3 is 0 Å². The summed E-state index contributed by atoms with van der Waals surface area (Å²) in [5.41, 5.74) is 5.66. The SMILES string of the molecule is CC(C)c1ccc(C(CCC2CC2)NN)cc1. The fourth-order valence-electron chi connectivity index (χ4n) is 2.27. The van der Waals surface area contributed by atoms with E-state index < -0.39 is 0 Å². The van der Waals surface area contributed by atoms with Crippen LogP contribution in [0, 0.1) is 5.92 Å². The number of nitrogens with two attached hydrogens (primary N) is 1. The Kier molecular flexibility index (Phi) is 4.19. The highest BCUT2D eigenvalue weighted by Crippen LogP contribution is 2.35. The number of nitrogens with one attached hydrogen (secondary N) is 1. The van der Waals surface area contributed by atoms with Gasteiger partial charge in [-0.15, -0.1) is 0 Å². The van der Waals surface area contributed by atoms with Gasteiger partial charge in [-0.1, -0.05) is 51.0 Å². The molecule has 2 heteroatoms. The monoisotopic (exact) mass is 232 g/mol. The van der Waals surface area contributed by atoms with E-state index in [0.29, 0.717) is 12.0 Å². The van der Waals surface area contributed by atoms with Gasteiger partial charge in [0.15, 0.2) is 0 Å². The van der Waals surface area contributed by atoms with Crippen LogP contribution >= 0.6 is 0 Å². The molecule has 94 valence electrons. The molecule has 0 spiro atoms. The number of rotatable bonds is 6. The average Bonchev–Trinajstić information content (AvgIpc) is 3.14. The van der Waals surface area contributed by atoms with Gasteiger partial charge in [-0.2, -0.15) is 0 Å². The molecule has 2 nitrogen and oxygen atoms in total. The van der Waals surface area contributed by atoms with Crippen molar-refractivity contribution in [2.75, 3.05) is 0 Å². The van der Waals surface area contributed by atoms with Crippen LogP contribution in [0.3, 0.4) is 0 Å². The van der Waals surface area contributed by atoms with Gasteiger partial charge in [0.25, 0.3) is 0 Å². The zero-order valence-corrected chi connectivity index (χ0v) is 10.9. The minimum atomic E-state index is 0.316. The minimum absolute atomic E-state index is 0.316. The summed E-state index contributed by atoms with van der Waals surface area (Å²) >= 11 is 0. The van der Waals surface area contributed by atoms with E-state index in [-0.39, 0.29) is 0 Å². The molecular weight excluding hydrogens is 208 g/mol. The highest BCUT2D eigenvalue weighted by atomic mass is 15.2. The van der Waals surface area contributed by atoms with Gasteiger partial charge in [0.2, 0.25) is 0 Å². The van der Waals surface area contributed by atoms with Crippen molar-refractivity contribution in [3.8, 4) is 0 Å². The molecular formula is C15H24N2. The maximum Gasteiger partial charge on any atom is 0.0460 e. The summed E-state index contributed by atoms with van der Waals surface area (Å²) < 4.78 is 0. The Labute approximate surface area is 105 Å². The second-order valence-electron chi connectivity index (χ2n) is 5.56. The lowest BCUT2D eigenvalue weighted by Crippen LogP contribution is -2.28. The van der Waals surface area contributed by atoms with Gasteiger partial charge < -0.3 is 0 Å². The summed E-state index contributed by atoms with van der Waals surface area (Å²) in [6, 6.07) is 9.19. The molecule has 1 aromatic rings. The number of hydrogen-bond donors (Lipinski definition) is 2. The first kappa shape index (κ1) is 12.6. The lowest BCUT2D eigenvalue weighted by molar-refractivity contribution is 0.482. The molecule has 0 amide bonds. The van der Waals surface area contributed by atoms with Gasteiger partial charge in [0.1, 0.15) is 0 Å². The van der Waals surface area contributed by atoms with Gasteiger partial charge in [-0.05, 0) is 35.8 Å². The summed E-state index contributed by atoms with van der Waals surface area (Å²) in [5.74, 6) is 7.23. The molecule has 1 fully saturated rings. The smallest absolute Gasteiger partial charge is 0.0460 e. The molecule has 1 atom stereocenters. The molecule has 1 aromatic carbocycles. The molecule has 1 saturated carbocycles.